The molecule has 2 rings (SSSR count). The molecule has 0 saturated heterocycles. The van der Waals surface area contributed by atoms with Gasteiger partial charge in [-0.3, -0.25) is 11.3 Å². The Balaban J connectivity index is 2.39. The standard InChI is InChI=1S/C16H22N2/c1-3-12(4-2)16(18-17)15-10-9-13-7-5-6-8-14(13)11-15/h5-12,16,18H,3-4,17H2,1-2H3. The summed E-state index contributed by atoms with van der Waals surface area (Å²) in [6.07, 6.45) is 2.27. The SMILES string of the molecule is CCC(CC)C(NN)c1ccc2ccccc2c1. The molecule has 3 N–H and O–H groups in total. The van der Waals surface area contributed by atoms with Crippen LogP contribution in [0, 0.1) is 5.92 Å². The molecule has 0 aliphatic heterocycles. The third-order valence-electron chi connectivity index (χ3n) is 3.83. The third-order valence-corrected chi connectivity index (χ3v) is 3.83. The second-order valence-corrected chi connectivity index (χ2v) is 4.83. The second kappa shape index (κ2) is 5.98. The van der Waals surface area contributed by atoms with Crippen molar-refractivity contribution in [2.24, 2.45) is 11.8 Å². The van der Waals surface area contributed by atoms with Gasteiger partial charge in [-0.05, 0) is 28.3 Å². The van der Waals surface area contributed by atoms with Crippen LogP contribution in [0.25, 0.3) is 10.8 Å². The summed E-state index contributed by atoms with van der Waals surface area (Å²) in [7, 11) is 0. The summed E-state index contributed by atoms with van der Waals surface area (Å²) in [4.78, 5) is 0. The molecule has 0 aromatic heterocycles. The first-order valence-corrected chi connectivity index (χ1v) is 6.75. The average Bonchev–Trinajstić information content (AvgIpc) is 2.44. The number of hydrazine groups is 1. The minimum absolute atomic E-state index is 0.240. The summed E-state index contributed by atoms with van der Waals surface area (Å²) in [5.74, 6) is 6.33. The summed E-state index contributed by atoms with van der Waals surface area (Å²) in [5.41, 5.74) is 4.27. The Hall–Kier alpha value is -1.38. The minimum Gasteiger partial charge on any atom is -0.271 e. The second-order valence-electron chi connectivity index (χ2n) is 4.83. The van der Waals surface area contributed by atoms with Gasteiger partial charge in [0.25, 0.3) is 0 Å². The first-order valence-electron chi connectivity index (χ1n) is 6.75. The van der Waals surface area contributed by atoms with E-state index in [1.165, 1.54) is 16.3 Å². The van der Waals surface area contributed by atoms with Crippen molar-refractivity contribution in [3.8, 4) is 0 Å². The van der Waals surface area contributed by atoms with Gasteiger partial charge in [0.2, 0.25) is 0 Å². The van der Waals surface area contributed by atoms with E-state index in [0.29, 0.717) is 5.92 Å². The van der Waals surface area contributed by atoms with Crippen LogP contribution in [0.2, 0.25) is 0 Å². The van der Waals surface area contributed by atoms with E-state index in [1.807, 2.05) is 0 Å². The molecule has 0 aliphatic carbocycles. The molecule has 96 valence electrons. The maximum absolute atomic E-state index is 5.75. The molecule has 1 atom stereocenters. The Kier molecular flexibility index (Phi) is 4.34. The Morgan fingerprint density at radius 2 is 1.67 bits per heavy atom. The van der Waals surface area contributed by atoms with Crippen molar-refractivity contribution in [3.63, 3.8) is 0 Å². The zero-order valence-corrected chi connectivity index (χ0v) is 11.2. The van der Waals surface area contributed by atoms with Crippen LogP contribution in [-0.4, -0.2) is 0 Å². The third kappa shape index (κ3) is 2.55. The summed E-state index contributed by atoms with van der Waals surface area (Å²) in [5, 5.41) is 2.56. The predicted octanol–water partition coefficient (Wildman–Crippen LogP) is 3.78. The number of hydrogen-bond donors (Lipinski definition) is 2. The molecule has 2 heteroatoms. The van der Waals surface area contributed by atoms with E-state index in [-0.39, 0.29) is 6.04 Å². The van der Waals surface area contributed by atoms with Gasteiger partial charge in [-0.25, -0.2) is 0 Å². The van der Waals surface area contributed by atoms with Gasteiger partial charge < -0.3 is 0 Å². The van der Waals surface area contributed by atoms with Crippen LogP contribution in [0.4, 0.5) is 0 Å². The van der Waals surface area contributed by atoms with E-state index in [0.717, 1.165) is 12.8 Å². The van der Waals surface area contributed by atoms with Gasteiger partial charge in [0.1, 0.15) is 0 Å². The van der Waals surface area contributed by atoms with E-state index >= 15 is 0 Å². The number of fused-ring (bicyclic) bond motifs is 1. The molecule has 2 nitrogen and oxygen atoms in total. The van der Waals surface area contributed by atoms with Crippen molar-refractivity contribution in [2.75, 3.05) is 0 Å². The molecule has 0 fully saturated rings. The fraction of sp³-hybridized carbons (Fsp3) is 0.375. The van der Waals surface area contributed by atoms with Crippen molar-refractivity contribution in [1.82, 2.24) is 5.43 Å². The van der Waals surface area contributed by atoms with Crippen LogP contribution in [0.3, 0.4) is 0 Å². The highest BCUT2D eigenvalue weighted by molar-refractivity contribution is 5.83. The molecule has 0 heterocycles. The van der Waals surface area contributed by atoms with Crippen LogP contribution >= 0.6 is 0 Å². The minimum atomic E-state index is 0.240. The Morgan fingerprint density at radius 1 is 1.00 bits per heavy atom. The first-order chi connectivity index (χ1) is 8.80. The summed E-state index contributed by atoms with van der Waals surface area (Å²) in [6, 6.07) is 15.3. The molecule has 18 heavy (non-hydrogen) atoms. The quantitative estimate of drug-likeness (QED) is 0.618. The maximum atomic E-state index is 5.75. The molecule has 0 saturated carbocycles. The molecular weight excluding hydrogens is 220 g/mol. The first kappa shape index (κ1) is 13.1. The molecule has 0 amide bonds. The van der Waals surface area contributed by atoms with Crippen molar-refractivity contribution >= 4 is 10.8 Å². The number of benzene rings is 2. The molecule has 0 aliphatic rings. The number of nitrogens with one attached hydrogen (secondary N) is 1. The normalized spacial score (nSPS) is 13.1. The highest BCUT2D eigenvalue weighted by Gasteiger charge is 2.18. The van der Waals surface area contributed by atoms with Crippen molar-refractivity contribution in [3.05, 3.63) is 48.0 Å². The van der Waals surface area contributed by atoms with Crippen LogP contribution in [0.5, 0.6) is 0 Å². The average molecular weight is 242 g/mol. The molecule has 1 unspecified atom stereocenters. The Bertz CT molecular complexity index is 503. The van der Waals surface area contributed by atoms with Crippen LogP contribution < -0.4 is 11.3 Å². The lowest BCUT2D eigenvalue weighted by Gasteiger charge is -2.25. The predicted molar refractivity (Wildman–Crippen MR) is 78.1 cm³/mol. The van der Waals surface area contributed by atoms with Gasteiger partial charge in [-0.15, -0.1) is 0 Å². The van der Waals surface area contributed by atoms with E-state index in [2.05, 4.69) is 61.7 Å². The molecule has 0 spiro atoms. The fourth-order valence-electron chi connectivity index (χ4n) is 2.67. The van der Waals surface area contributed by atoms with Gasteiger partial charge in [0, 0.05) is 6.04 Å². The van der Waals surface area contributed by atoms with Gasteiger partial charge in [0.05, 0.1) is 0 Å². The monoisotopic (exact) mass is 242 g/mol. The Labute approximate surface area is 109 Å². The van der Waals surface area contributed by atoms with Gasteiger partial charge >= 0.3 is 0 Å². The van der Waals surface area contributed by atoms with E-state index in [9.17, 15) is 0 Å². The molecule has 2 aromatic rings. The summed E-state index contributed by atoms with van der Waals surface area (Å²) in [6.45, 7) is 4.44. The summed E-state index contributed by atoms with van der Waals surface area (Å²) < 4.78 is 0. The number of hydrogen-bond acceptors (Lipinski definition) is 2. The smallest absolute Gasteiger partial charge is 0.0488 e. The molecule has 0 radical (unpaired) electrons. The van der Waals surface area contributed by atoms with E-state index < -0.39 is 0 Å². The maximum Gasteiger partial charge on any atom is 0.0488 e. The van der Waals surface area contributed by atoms with E-state index in [1.54, 1.807) is 0 Å². The van der Waals surface area contributed by atoms with Gasteiger partial charge in [0.15, 0.2) is 0 Å². The van der Waals surface area contributed by atoms with Crippen LogP contribution in [-0.2, 0) is 0 Å². The number of nitrogens with two attached hydrogens (primary N) is 1. The topological polar surface area (TPSA) is 38.0 Å². The summed E-state index contributed by atoms with van der Waals surface area (Å²) >= 11 is 0. The molecule has 0 bridgehead atoms. The Morgan fingerprint density at radius 3 is 2.28 bits per heavy atom. The van der Waals surface area contributed by atoms with Crippen LogP contribution in [0.1, 0.15) is 38.3 Å². The molecule has 2 aromatic carbocycles. The number of rotatable bonds is 5. The van der Waals surface area contributed by atoms with E-state index in [4.69, 9.17) is 5.84 Å². The van der Waals surface area contributed by atoms with Crippen molar-refractivity contribution in [2.45, 2.75) is 32.7 Å². The van der Waals surface area contributed by atoms with Gasteiger partial charge in [-0.1, -0.05) is 63.1 Å². The largest absolute Gasteiger partial charge is 0.271 e. The lowest BCUT2D eigenvalue weighted by Crippen LogP contribution is -2.33. The lowest BCUT2D eigenvalue weighted by molar-refractivity contribution is 0.346. The van der Waals surface area contributed by atoms with Crippen LogP contribution in [0.15, 0.2) is 42.5 Å². The molecular formula is C16H22N2. The zero-order chi connectivity index (χ0) is 13.0. The highest BCUT2D eigenvalue weighted by atomic mass is 15.2. The lowest BCUT2D eigenvalue weighted by atomic mass is 9.88. The van der Waals surface area contributed by atoms with Crippen molar-refractivity contribution < 1.29 is 0 Å². The zero-order valence-electron chi connectivity index (χ0n) is 11.2. The van der Waals surface area contributed by atoms with Crippen molar-refractivity contribution in [1.29, 1.82) is 0 Å². The van der Waals surface area contributed by atoms with Gasteiger partial charge in [-0.2, -0.15) is 0 Å². The fourth-order valence-corrected chi connectivity index (χ4v) is 2.67. The highest BCUT2D eigenvalue weighted by Crippen LogP contribution is 2.28.